The molecule has 1 heterocycles. The number of carbonyl (C=O) groups is 1. The summed E-state index contributed by atoms with van der Waals surface area (Å²) < 4.78 is 47.1. The van der Waals surface area contributed by atoms with Crippen molar-refractivity contribution in [2.24, 2.45) is 0 Å². The van der Waals surface area contributed by atoms with Crippen molar-refractivity contribution in [3.63, 3.8) is 0 Å². The van der Waals surface area contributed by atoms with Crippen molar-refractivity contribution in [2.75, 3.05) is 6.61 Å². The Morgan fingerprint density at radius 2 is 1.66 bits per heavy atom. The lowest BCUT2D eigenvalue weighted by Crippen LogP contribution is -2.19. The highest BCUT2D eigenvalue weighted by atomic mass is 19.4. The second-order valence-corrected chi connectivity index (χ2v) is 6.34. The Morgan fingerprint density at radius 1 is 0.966 bits per heavy atom. The Bertz CT molecular complexity index is 971. The molecule has 150 valence electrons. The van der Waals surface area contributed by atoms with E-state index < -0.39 is 12.8 Å². The maximum absolute atomic E-state index is 12.2. The van der Waals surface area contributed by atoms with E-state index in [1.165, 1.54) is 19.1 Å². The van der Waals surface area contributed by atoms with Crippen LogP contribution in [0.5, 0.6) is 11.6 Å². The number of rotatable bonds is 7. The first-order valence-electron chi connectivity index (χ1n) is 8.79. The molecular formula is C22H18F3NO3. The Kier molecular flexibility index (Phi) is 6.16. The molecule has 2 aromatic carbocycles. The average Bonchev–Trinajstić information content (AvgIpc) is 2.71. The standard InChI is InChI=1S/C22H18F3NO3/c1-15(27)20-11-18(12-26-21(20)28-13-16-5-3-2-4-6-16)17-7-9-19(10-8-17)29-14-22(23,24)25/h2-12H,13-14H2,1H3. The van der Waals surface area contributed by atoms with E-state index in [2.05, 4.69) is 4.98 Å². The van der Waals surface area contributed by atoms with Crippen LogP contribution in [0.3, 0.4) is 0 Å². The summed E-state index contributed by atoms with van der Waals surface area (Å²) in [6.45, 7) is 0.346. The van der Waals surface area contributed by atoms with E-state index in [0.717, 1.165) is 5.56 Å². The highest BCUT2D eigenvalue weighted by molar-refractivity contribution is 5.97. The number of ether oxygens (including phenoxy) is 2. The van der Waals surface area contributed by atoms with Gasteiger partial charge in [0.05, 0.1) is 5.56 Å². The minimum Gasteiger partial charge on any atom is -0.484 e. The lowest BCUT2D eigenvalue weighted by Gasteiger charge is -2.12. The Labute approximate surface area is 165 Å². The van der Waals surface area contributed by atoms with Crippen molar-refractivity contribution in [1.82, 2.24) is 4.98 Å². The highest BCUT2D eigenvalue weighted by Crippen LogP contribution is 2.27. The SMILES string of the molecule is CC(=O)c1cc(-c2ccc(OCC(F)(F)F)cc2)cnc1OCc1ccccc1. The topological polar surface area (TPSA) is 48.4 Å². The molecule has 0 saturated heterocycles. The largest absolute Gasteiger partial charge is 0.484 e. The molecular weight excluding hydrogens is 383 g/mol. The number of nitrogens with zero attached hydrogens (tertiary/aromatic N) is 1. The number of carbonyl (C=O) groups excluding carboxylic acids is 1. The van der Waals surface area contributed by atoms with Gasteiger partial charge in [0.25, 0.3) is 0 Å². The van der Waals surface area contributed by atoms with E-state index in [4.69, 9.17) is 9.47 Å². The molecule has 3 aromatic rings. The van der Waals surface area contributed by atoms with Crippen LogP contribution in [0.15, 0.2) is 66.9 Å². The summed E-state index contributed by atoms with van der Waals surface area (Å²) in [6, 6.07) is 17.2. The molecule has 0 atom stereocenters. The maximum atomic E-state index is 12.2. The van der Waals surface area contributed by atoms with Gasteiger partial charge in [0.2, 0.25) is 5.88 Å². The molecule has 7 heteroatoms. The molecule has 0 radical (unpaired) electrons. The predicted molar refractivity (Wildman–Crippen MR) is 102 cm³/mol. The van der Waals surface area contributed by atoms with Gasteiger partial charge < -0.3 is 9.47 Å². The van der Waals surface area contributed by atoms with E-state index >= 15 is 0 Å². The normalized spacial score (nSPS) is 11.2. The fraction of sp³-hybridized carbons (Fsp3) is 0.182. The number of hydrogen-bond acceptors (Lipinski definition) is 4. The zero-order valence-electron chi connectivity index (χ0n) is 15.6. The van der Waals surface area contributed by atoms with Gasteiger partial charge in [-0.15, -0.1) is 0 Å². The van der Waals surface area contributed by atoms with Crippen molar-refractivity contribution in [2.45, 2.75) is 19.7 Å². The van der Waals surface area contributed by atoms with Crippen molar-refractivity contribution >= 4 is 5.78 Å². The molecule has 4 nitrogen and oxygen atoms in total. The number of alkyl halides is 3. The monoisotopic (exact) mass is 401 g/mol. The summed E-state index contributed by atoms with van der Waals surface area (Å²) in [5, 5.41) is 0. The van der Waals surface area contributed by atoms with Crippen molar-refractivity contribution in [3.05, 3.63) is 78.0 Å². The summed E-state index contributed by atoms with van der Waals surface area (Å²) in [5.74, 6) is 0.136. The third-order valence-corrected chi connectivity index (χ3v) is 4.04. The van der Waals surface area contributed by atoms with Crippen molar-refractivity contribution < 1.29 is 27.4 Å². The number of aromatic nitrogens is 1. The fourth-order valence-electron chi connectivity index (χ4n) is 2.61. The van der Waals surface area contributed by atoms with Crippen LogP contribution in [0.25, 0.3) is 11.1 Å². The zero-order valence-corrected chi connectivity index (χ0v) is 15.6. The number of benzene rings is 2. The molecule has 3 rings (SSSR count). The molecule has 0 aliphatic rings. The van der Waals surface area contributed by atoms with Gasteiger partial charge in [-0.1, -0.05) is 42.5 Å². The second kappa shape index (κ2) is 8.77. The molecule has 0 unspecified atom stereocenters. The van der Waals surface area contributed by atoms with E-state index in [1.54, 1.807) is 24.4 Å². The van der Waals surface area contributed by atoms with Crippen LogP contribution in [0, 0.1) is 0 Å². The number of Topliss-reactive ketones (excluding diaryl/α,β-unsaturated/α-hetero) is 1. The van der Waals surface area contributed by atoms with Gasteiger partial charge in [-0.3, -0.25) is 4.79 Å². The maximum Gasteiger partial charge on any atom is 0.422 e. The first-order chi connectivity index (χ1) is 13.8. The van der Waals surface area contributed by atoms with Crippen molar-refractivity contribution in [1.29, 1.82) is 0 Å². The smallest absolute Gasteiger partial charge is 0.422 e. The number of hydrogen-bond donors (Lipinski definition) is 0. The van der Waals surface area contributed by atoms with Gasteiger partial charge in [-0.2, -0.15) is 13.2 Å². The molecule has 1 aromatic heterocycles. The van der Waals surface area contributed by atoms with Gasteiger partial charge in [-0.05, 0) is 36.2 Å². The molecule has 0 saturated carbocycles. The summed E-state index contributed by atoms with van der Waals surface area (Å²) in [6.07, 6.45) is -2.84. The summed E-state index contributed by atoms with van der Waals surface area (Å²) in [5.41, 5.74) is 2.61. The molecule has 0 aliphatic heterocycles. The van der Waals surface area contributed by atoms with E-state index in [9.17, 15) is 18.0 Å². The number of halogens is 3. The molecule has 0 N–H and O–H groups in total. The molecule has 0 fully saturated rings. The molecule has 0 amide bonds. The minimum absolute atomic E-state index is 0.105. The lowest BCUT2D eigenvalue weighted by atomic mass is 10.0. The first kappa shape index (κ1) is 20.4. The molecule has 0 aliphatic carbocycles. The number of ketones is 1. The van der Waals surface area contributed by atoms with Crippen LogP contribution in [-0.4, -0.2) is 23.6 Å². The third kappa shape index (κ3) is 5.81. The van der Waals surface area contributed by atoms with Gasteiger partial charge in [-0.25, -0.2) is 4.98 Å². The van der Waals surface area contributed by atoms with Gasteiger partial charge in [0.1, 0.15) is 12.4 Å². The minimum atomic E-state index is -4.39. The molecule has 29 heavy (non-hydrogen) atoms. The Morgan fingerprint density at radius 3 is 2.28 bits per heavy atom. The van der Waals surface area contributed by atoms with Crippen LogP contribution in [0.2, 0.25) is 0 Å². The molecule has 0 spiro atoms. The van der Waals surface area contributed by atoms with Crippen molar-refractivity contribution in [3.8, 4) is 22.8 Å². The third-order valence-electron chi connectivity index (χ3n) is 4.04. The second-order valence-electron chi connectivity index (χ2n) is 6.34. The van der Waals surface area contributed by atoms with Crippen LogP contribution in [-0.2, 0) is 6.61 Å². The van der Waals surface area contributed by atoms with E-state index in [-0.39, 0.29) is 24.0 Å². The van der Waals surface area contributed by atoms with E-state index in [0.29, 0.717) is 16.7 Å². The van der Waals surface area contributed by atoms with Gasteiger partial charge >= 0.3 is 6.18 Å². The fourth-order valence-corrected chi connectivity index (χ4v) is 2.61. The summed E-state index contributed by atoms with van der Waals surface area (Å²) in [7, 11) is 0. The van der Waals surface area contributed by atoms with Gasteiger partial charge in [0.15, 0.2) is 12.4 Å². The van der Waals surface area contributed by atoms with Crippen LogP contribution >= 0.6 is 0 Å². The summed E-state index contributed by atoms with van der Waals surface area (Å²) >= 11 is 0. The first-order valence-corrected chi connectivity index (χ1v) is 8.79. The predicted octanol–water partition coefficient (Wildman–Crippen LogP) is 5.47. The zero-order chi connectivity index (χ0) is 20.9. The quantitative estimate of drug-likeness (QED) is 0.493. The molecule has 0 bridgehead atoms. The lowest BCUT2D eigenvalue weighted by molar-refractivity contribution is -0.153. The highest BCUT2D eigenvalue weighted by Gasteiger charge is 2.28. The summed E-state index contributed by atoms with van der Waals surface area (Å²) in [4.78, 5) is 16.3. The van der Waals surface area contributed by atoms with Crippen LogP contribution < -0.4 is 9.47 Å². The van der Waals surface area contributed by atoms with Crippen LogP contribution in [0.1, 0.15) is 22.8 Å². The average molecular weight is 401 g/mol. The number of pyridine rings is 1. The Balaban J connectivity index is 1.76. The van der Waals surface area contributed by atoms with E-state index in [1.807, 2.05) is 30.3 Å². The van der Waals surface area contributed by atoms with Gasteiger partial charge in [0, 0.05) is 11.8 Å². The van der Waals surface area contributed by atoms with Crippen LogP contribution in [0.4, 0.5) is 13.2 Å². The Hall–Kier alpha value is -3.35.